The number of likely N-dealkylation sites (N-methyl/N-ethyl adjacent to an activating group) is 1. The summed E-state index contributed by atoms with van der Waals surface area (Å²) >= 11 is 0. The molecule has 1 unspecified atom stereocenters. The molecule has 3 heteroatoms. The first-order valence-electron chi connectivity index (χ1n) is 7.08. The van der Waals surface area contributed by atoms with Gasteiger partial charge in [0, 0.05) is 43.0 Å². The average molecular weight is 248 g/mol. The second-order valence-corrected chi connectivity index (χ2v) is 6.55. The van der Waals surface area contributed by atoms with Crippen LogP contribution < -0.4 is 5.32 Å². The summed E-state index contributed by atoms with van der Waals surface area (Å²) in [5.41, 5.74) is 1.64. The highest BCUT2D eigenvalue weighted by atomic mass is 16.3. The average Bonchev–Trinajstić information content (AvgIpc) is 2.93. The van der Waals surface area contributed by atoms with Crippen molar-refractivity contribution in [2.24, 2.45) is 0 Å². The third-order valence-electron chi connectivity index (χ3n) is 4.41. The van der Waals surface area contributed by atoms with Crippen molar-refractivity contribution in [3.8, 4) is 0 Å². The van der Waals surface area contributed by atoms with Crippen LogP contribution in [0.2, 0.25) is 0 Å². The van der Waals surface area contributed by atoms with E-state index >= 15 is 0 Å². The van der Waals surface area contributed by atoms with E-state index in [1.807, 2.05) is 0 Å². The molecular formula is C15H24N2O. The summed E-state index contributed by atoms with van der Waals surface area (Å²) < 4.78 is 6.19. The maximum absolute atomic E-state index is 6.19. The van der Waals surface area contributed by atoms with E-state index in [4.69, 9.17) is 4.42 Å². The van der Waals surface area contributed by atoms with E-state index in [2.05, 4.69) is 37.2 Å². The molecule has 0 bridgehead atoms. The highest BCUT2D eigenvalue weighted by Gasteiger charge is 2.33. The van der Waals surface area contributed by atoms with Crippen molar-refractivity contribution in [2.75, 3.05) is 33.2 Å². The molecule has 18 heavy (non-hydrogen) atoms. The summed E-state index contributed by atoms with van der Waals surface area (Å²) in [5.74, 6) is 3.03. The Morgan fingerprint density at radius 2 is 2.28 bits per heavy atom. The van der Waals surface area contributed by atoms with E-state index in [-0.39, 0.29) is 5.41 Å². The van der Waals surface area contributed by atoms with E-state index in [0.29, 0.717) is 5.92 Å². The zero-order valence-electron chi connectivity index (χ0n) is 11.8. The van der Waals surface area contributed by atoms with E-state index < -0.39 is 0 Å². The number of nitrogens with zero attached hydrogens (tertiary/aromatic N) is 1. The molecule has 3 heterocycles. The van der Waals surface area contributed by atoms with Crippen LogP contribution in [0.4, 0.5) is 0 Å². The van der Waals surface area contributed by atoms with Crippen LogP contribution >= 0.6 is 0 Å². The second-order valence-electron chi connectivity index (χ2n) is 6.55. The minimum absolute atomic E-state index is 0.203. The van der Waals surface area contributed by atoms with Crippen LogP contribution in [0.5, 0.6) is 0 Å². The number of hydrogen-bond acceptors (Lipinski definition) is 3. The van der Waals surface area contributed by atoms with Crippen molar-refractivity contribution in [1.29, 1.82) is 0 Å². The van der Waals surface area contributed by atoms with Crippen LogP contribution in [0.25, 0.3) is 0 Å². The Balaban J connectivity index is 1.94. The Kier molecular flexibility index (Phi) is 2.99. The van der Waals surface area contributed by atoms with Crippen LogP contribution in [-0.4, -0.2) is 38.1 Å². The maximum Gasteiger partial charge on any atom is 0.109 e. The molecular weight excluding hydrogens is 224 g/mol. The van der Waals surface area contributed by atoms with Gasteiger partial charge in [0.2, 0.25) is 0 Å². The summed E-state index contributed by atoms with van der Waals surface area (Å²) in [7, 11) is 2.20. The molecule has 0 aliphatic carbocycles. The van der Waals surface area contributed by atoms with Gasteiger partial charge in [-0.25, -0.2) is 0 Å². The first-order valence-corrected chi connectivity index (χ1v) is 7.08. The van der Waals surface area contributed by atoms with Gasteiger partial charge in [0.25, 0.3) is 0 Å². The van der Waals surface area contributed by atoms with E-state index in [0.717, 1.165) is 32.6 Å². The summed E-state index contributed by atoms with van der Waals surface area (Å²) in [6.07, 6.45) is 2.27. The molecule has 2 aliphatic heterocycles. The van der Waals surface area contributed by atoms with Crippen molar-refractivity contribution < 1.29 is 4.42 Å². The minimum Gasteiger partial charge on any atom is -0.465 e. The second kappa shape index (κ2) is 4.39. The monoisotopic (exact) mass is 248 g/mol. The van der Waals surface area contributed by atoms with Gasteiger partial charge < -0.3 is 14.6 Å². The van der Waals surface area contributed by atoms with Crippen molar-refractivity contribution in [1.82, 2.24) is 10.2 Å². The quantitative estimate of drug-likeness (QED) is 0.825. The van der Waals surface area contributed by atoms with E-state index in [1.54, 1.807) is 0 Å². The molecule has 0 radical (unpaired) electrons. The molecule has 0 amide bonds. The largest absolute Gasteiger partial charge is 0.465 e. The topological polar surface area (TPSA) is 28.4 Å². The Bertz CT molecular complexity index is 430. The first kappa shape index (κ1) is 12.2. The van der Waals surface area contributed by atoms with Crippen LogP contribution in [0, 0.1) is 0 Å². The Morgan fingerprint density at radius 1 is 1.44 bits per heavy atom. The van der Waals surface area contributed by atoms with E-state index in [9.17, 15) is 0 Å². The van der Waals surface area contributed by atoms with Crippen LogP contribution in [0.1, 0.15) is 43.3 Å². The standard InChI is InChI=1S/C15H24N2O/c1-15(2)10-17(3)7-5-13-12(15)8-14(18-13)11-4-6-16-9-11/h8,11,16H,4-7,9-10H2,1-3H3. The zero-order valence-corrected chi connectivity index (χ0v) is 11.8. The molecule has 2 aliphatic rings. The third-order valence-corrected chi connectivity index (χ3v) is 4.41. The number of hydrogen-bond donors (Lipinski definition) is 1. The van der Waals surface area contributed by atoms with Crippen LogP contribution in [0.3, 0.4) is 0 Å². The predicted octanol–water partition coefficient (Wildman–Crippen LogP) is 2.12. The number of furan rings is 1. The first-order chi connectivity index (χ1) is 8.56. The Morgan fingerprint density at radius 3 is 3.00 bits per heavy atom. The van der Waals surface area contributed by atoms with Gasteiger partial charge in [-0.1, -0.05) is 13.8 Å². The summed E-state index contributed by atoms with van der Waals surface area (Å²) in [6, 6.07) is 2.34. The lowest BCUT2D eigenvalue weighted by atomic mass is 9.84. The normalized spacial score (nSPS) is 28.1. The van der Waals surface area contributed by atoms with Crippen molar-refractivity contribution in [2.45, 2.75) is 38.0 Å². The fourth-order valence-corrected chi connectivity index (χ4v) is 3.44. The molecule has 3 rings (SSSR count). The number of nitrogens with one attached hydrogen (secondary N) is 1. The smallest absolute Gasteiger partial charge is 0.109 e. The molecule has 1 aromatic heterocycles. The highest BCUT2D eigenvalue weighted by Crippen LogP contribution is 2.36. The van der Waals surface area contributed by atoms with Crippen LogP contribution in [-0.2, 0) is 11.8 Å². The van der Waals surface area contributed by atoms with Gasteiger partial charge in [0.05, 0.1) is 0 Å². The Hall–Kier alpha value is -0.800. The molecule has 1 aromatic rings. The summed E-state index contributed by atoms with van der Waals surface area (Å²) in [4.78, 5) is 2.41. The minimum atomic E-state index is 0.203. The van der Waals surface area contributed by atoms with Gasteiger partial charge in [-0.15, -0.1) is 0 Å². The molecule has 0 spiro atoms. The number of fused-ring (bicyclic) bond motifs is 1. The third kappa shape index (κ3) is 2.10. The van der Waals surface area contributed by atoms with Crippen LogP contribution in [0.15, 0.2) is 10.5 Å². The maximum atomic E-state index is 6.19. The van der Waals surface area contributed by atoms with Crippen molar-refractivity contribution in [3.05, 3.63) is 23.2 Å². The highest BCUT2D eigenvalue weighted by molar-refractivity contribution is 5.33. The molecule has 0 saturated carbocycles. The van der Waals surface area contributed by atoms with Gasteiger partial charge in [0.15, 0.2) is 0 Å². The molecule has 1 fully saturated rings. The molecule has 0 aromatic carbocycles. The fourth-order valence-electron chi connectivity index (χ4n) is 3.44. The molecule has 3 nitrogen and oxygen atoms in total. The van der Waals surface area contributed by atoms with Gasteiger partial charge in [0.1, 0.15) is 11.5 Å². The number of rotatable bonds is 1. The zero-order chi connectivity index (χ0) is 12.8. The predicted molar refractivity (Wildman–Crippen MR) is 73.2 cm³/mol. The van der Waals surface area contributed by atoms with Gasteiger partial charge >= 0.3 is 0 Å². The molecule has 1 atom stereocenters. The fraction of sp³-hybridized carbons (Fsp3) is 0.733. The molecule has 1 N–H and O–H groups in total. The van der Waals surface area contributed by atoms with Gasteiger partial charge in [-0.3, -0.25) is 0 Å². The van der Waals surface area contributed by atoms with Crippen molar-refractivity contribution >= 4 is 0 Å². The molecule has 100 valence electrons. The van der Waals surface area contributed by atoms with Crippen molar-refractivity contribution in [3.63, 3.8) is 0 Å². The Labute approximate surface area is 110 Å². The SMILES string of the molecule is CN1CCc2oc(C3CCNC3)cc2C(C)(C)C1. The summed E-state index contributed by atoms with van der Waals surface area (Å²) in [6.45, 7) is 9.09. The molecule has 1 saturated heterocycles. The lowest BCUT2D eigenvalue weighted by molar-refractivity contribution is 0.281. The van der Waals surface area contributed by atoms with Gasteiger partial charge in [-0.2, -0.15) is 0 Å². The van der Waals surface area contributed by atoms with E-state index in [1.165, 1.54) is 23.5 Å². The lowest BCUT2D eigenvalue weighted by Crippen LogP contribution is -2.32. The lowest BCUT2D eigenvalue weighted by Gasteiger charge is -2.27. The van der Waals surface area contributed by atoms with Gasteiger partial charge in [-0.05, 0) is 26.1 Å². The summed E-state index contributed by atoms with van der Waals surface area (Å²) in [5, 5.41) is 3.42.